The molecule has 1 heterocycles. The third kappa shape index (κ3) is 10.0. The van der Waals surface area contributed by atoms with Gasteiger partial charge in [0, 0.05) is 38.4 Å². The summed E-state index contributed by atoms with van der Waals surface area (Å²) in [6.07, 6.45) is -6.11. The summed E-state index contributed by atoms with van der Waals surface area (Å²) in [6.45, 7) is 6.58. The molecule has 0 saturated carbocycles. The highest BCUT2D eigenvalue weighted by molar-refractivity contribution is 6.67. The SMILES string of the molecule is CC(C)(C)OC(=O)N1CCN(Cc2cc(NC(=O)OCC(Cl)(Cl)Cl)cc(C(F)(F)F)c2)CC1. The highest BCUT2D eigenvalue weighted by Gasteiger charge is 2.32. The van der Waals surface area contributed by atoms with Crippen molar-refractivity contribution in [3.8, 4) is 0 Å². The summed E-state index contributed by atoms with van der Waals surface area (Å²) in [6, 6.07) is 3.21. The maximum Gasteiger partial charge on any atom is 0.416 e. The number of anilines is 1. The van der Waals surface area contributed by atoms with Gasteiger partial charge in [0.25, 0.3) is 0 Å². The lowest BCUT2D eigenvalue weighted by Crippen LogP contribution is -2.49. The van der Waals surface area contributed by atoms with Crippen LogP contribution in [0.2, 0.25) is 0 Å². The van der Waals surface area contributed by atoms with E-state index in [2.05, 4.69) is 5.32 Å². The number of halogens is 6. The largest absolute Gasteiger partial charge is 0.445 e. The lowest BCUT2D eigenvalue weighted by atomic mass is 10.1. The molecule has 13 heteroatoms. The van der Waals surface area contributed by atoms with Crippen molar-refractivity contribution in [1.29, 1.82) is 0 Å². The van der Waals surface area contributed by atoms with Crippen LogP contribution in [0.25, 0.3) is 0 Å². The number of carbonyl (C=O) groups excluding carboxylic acids is 2. The summed E-state index contributed by atoms with van der Waals surface area (Å²) >= 11 is 16.5. The van der Waals surface area contributed by atoms with Crippen LogP contribution in [0.4, 0.5) is 28.4 Å². The molecule has 7 nitrogen and oxygen atoms in total. The second kappa shape index (κ2) is 10.8. The van der Waals surface area contributed by atoms with Gasteiger partial charge in [-0.2, -0.15) is 13.2 Å². The number of piperazine rings is 1. The van der Waals surface area contributed by atoms with Crippen LogP contribution in [0.3, 0.4) is 0 Å². The van der Waals surface area contributed by atoms with E-state index in [1.807, 2.05) is 4.90 Å². The average Bonchev–Trinajstić information content (AvgIpc) is 2.64. The molecule has 0 radical (unpaired) electrons. The number of ether oxygens (including phenoxy) is 2. The Bertz CT molecular complexity index is 850. The number of nitrogens with zero attached hydrogens (tertiary/aromatic N) is 2. The van der Waals surface area contributed by atoms with Gasteiger partial charge < -0.3 is 14.4 Å². The Kier molecular flexibility index (Phi) is 9.00. The summed E-state index contributed by atoms with van der Waals surface area (Å²) in [7, 11) is 0. The lowest BCUT2D eigenvalue weighted by molar-refractivity contribution is -0.137. The van der Waals surface area contributed by atoms with Crippen LogP contribution < -0.4 is 5.32 Å². The fourth-order valence-electron chi connectivity index (χ4n) is 2.99. The molecule has 0 atom stereocenters. The first kappa shape index (κ1) is 27.6. The van der Waals surface area contributed by atoms with E-state index in [4.69, 9.17) is 44.3 Å². The molecule has 186 valence electrons. The van der Waals surface area contributed by atoms with Crippen molar-refractivity contribution in [3.63, 3.8) is 0 Å². The normalized spacial score (nSPS) is 15.8. The summed E-state index contributed by atoms with van der Waals surface area (Å²) in [5, 5.41) is 2.22. The van der Waals surface area contributed by atoms with Crippen LogP contribution in [0.5, 0.6) is 0 Å². The van der Waals surface area contributed by atoms with Crippen LogP contribution in [0.1, 0.15) is 31.9 Å². The topological polar surface area (TPSA) is 71.1 Å². The molecule has 1 saturated heterocycles. The molecule has 0 aromatic heterocycles. The van der Waals surface area contributed by atoms with Gasteiger partial charge in [-0.25, -0.2) is 9.59 Å². The number of hydrogen-bond donors (Lipinski definition) is 1. The third-order valence-electron chi connectivity index (χ3n) is 4.36. The first-order valence-electron chi connectivity index (χ1n) is 9.94. The van der Waals surface area contributed by atoms with Gasteiger partial charge in [0.2, 0.25) is 3.79 Å². The van der Waals surface area contributed by atoms with E-state index in [0.717, 1.165) is 12.1 Å². The first-order valence-corrected chi connectivity index (χ1v) is 11.1. The summed E-state index contributed by atoms with van der Waals surface area (Å²) in [5.41, 5.74) is -1.33. The second-order valence-electron chi connectivity index (χ2n) is 8.48. The lowest BCUT2D eigenvalue weighted by Gasteiger charge is -2.35. The highest BCUT2D eigenvalue weighted by Crippen LogP contribution is 2.33. The van der Waals surface area contributed by atoms with Gasteiger partial charge in [-0.15, -0.1) is 0 Å². The standard InChI is InChI=1S/C20H25Cl3F3N3O4/c1-18(2,3)33-17(31)29-6-4-28(5-7-29)11-13-8-14(20(24,25)26)10-15(9-13)27-16(30)32-12-19(21,22)23/h8-10H,4-7,11-12H2,1-3H3,(H,27,30). The van der Waals surface area contributed by atoms with Crippen LogP contribution in [0.15, 0.2) is 18.2 Å². The van der Waals surface area contributed by atoms with Crippen molar-refractivity contribution in [2.75, 3.05) is 38.1 Å². The molecular weight excluding hydrogens is 510 g/mol. The Morgan fingerprint density at radius 3 is 2.15 bits per heavy atom. The fourth-order valence-corrected chi connectivity index (χ4v) is 3.16. The predicted molar refractivity (Wildman–Crippen MR) is 120 cm³/mol. The number of alkyl halides is 6. The maximum atomic E-state index is 13.4. The van der Waals surface area contributed by atoms with Crippen molar-refractivity contribution in [1.82, 2.24) is 9.80 Å². The molecule has 1 N–H and O–H groups in total. The van der Waals surface area contributed by atoms with E-state index >= 15 is 0 Å². The van der Waals surface area contributed by atoms with E-state index in [-0.39, 0.29) is 12.2 Å². The number of nitrogens with one attached hydrogen (secondary N) is 1. The number of carbonyl (C=O) groups is 2. The number of benzene rings is 1. The molecule has 1 aromatic rings. The van der Waals surface area contributed by atoms with Crippen LogP contribution in [0, 0.1) is 0 Å². The van der Waals surface area contributed by atoms with Crippen molar-refractivity contribution in [2.24, 2.45) is 0 Å². The molecule has 0 unspecified atom stereocenters. The Hall–Kier alpha value is -1.62. The maximum absolute atomic E-state index is 13.4. The first-order chi connectivity index (χ1) is 15.0. The molecule has 1 aliphatic rings. The van der Waals surface area contributed by atoms with E-state index in [1.165, 1.54) is 6.07 Å². The Labute approximate surface area is 205 Å². The van der Waals surface area contributed by atoms with Gasteiger partial charge in [-0.3, -0.25) is 10.2 Å². The zero-order valence-electron chi connectivity index (χ0n) is 18.3. The van der Waals surface area contributed by atoms with E-state index in [9.17, 15) is 22.8 Å². The van der Waals surface area contributed by atoms with Crippen LogP contribution in [-0.4, -0.2) is 64.2 Å². The van der Waals surface area contributed by atoms with Gasteiger partial charge in [0.05, 0.1) is 5.56 Å². The van der Waals surface area contributed by atoms with Gasteiger partial charge in [0.15, 0.2) is 0 Å². The Balaban J connectivity index is 2.05. The van der Waals surface area contributed by atoms with Crippen molar-refractivity contribution in [2.45, 2.75) is 42.9 Å². The fraction of sp³-hybridized carbons (Fsp3) is 0.600. The van der Waals surface area contributed by atoms with Crippen molar-refractivity contribution < 1.29 is 32.2 Å². The number of amides is 2. The monoisotopic (exact) mass is 533 g/mol. The van der Waals surface area contributed by atoms with E-state index in [0.29, 0.717) is 31.7 Å². The average molecular weight is 535 g/mol. The minimum Gasteiger partial charge on any atom is -0.445 e. The van der Waals surface area contributed by atoms with E-state index in [1.54, 1.807) is 25.7 Å². The molecule has 1 aromatic carbocycles. The zero-order valence-corrected chi connectivity index (χ0v) is 20.5. The summed E-state index contributed by atoms with van der Waals surface area (Å²) in [4.78, 5) is 27.5. The smallest absolute Gasteiger partial charge is 0.416 e. The molecule has 1 aliphatic heterocycles. The second-order valence-corrected chi connectivity index (χ2v) is 11.0. The molecule has 2 rings (SSSR count). The highest BCUT2D eigenvalue weighted by atomic mass is 35.6. The summed E-state index contributed by atoms with van der Waals surface area (Å²) in [5.74, 6) is 0. The zero-order chi connectivity index (χ0) is 25.0. The van der Waals surface area contributed by atoms with Crippen LogP contribution in [-0.2, 0) is 22.2 Å². The minimum atomic E-state index is -4.62. The predicted octanol–water partition coefficient (Wildman–Crippen LogP) is 5.68. The molecule has 0 aliphatic carbocycles. The van der Waals surface area contributed by atoms with Gasteiger partial charge >= 0.3 is 18.4 Å². The molecule has 1 fully saturated rings. The molecule has 0 bridgehead atoms. The van der Waals surface area contributed by atoms with Crippen LogP contribution >= 0.6 is 34.8 Å². The van der Waals surface area contributed by atoms with E-state index < -0.39 is 39.9 Å². The Morgan fingerprint density at radius 1 is 1.03 bits per heavy atom. The summed E-state index contributed by atoms with van der Waals surface area (Å²) < 4.78 is 48.3. The molecular formula is C20H25Cl3F3N3O4. The van der Waals surface area contributed by atoms with Crippen molar-refractivity contribution in [3.05, 3.63) is 29.3 Å². The van der Waals surface area contributed by atoms with Crippen molar-refractivity contribution >= 4 is 52.7 Å². The number of hydrogen-bond acceptors (Lipinski definition) is 5. The minimum absolute atomic E-state index is 0.110. The third-order valence-corrected chi connectivity index (χ3v) is 4.69. The molecule has 0 spiro atoms. The van der Waals surface area contributed by atoms with Gasteiger partial charge in [-0.1, -0.05) is 34.8 Å². The number of rotatable bonds is 4. The molecule has 33 heavy (non-hydrogen) atoms. The molecule has 2 amide bonds. The van der Waals surface area contributed by atoms with Gasteiger partial charge in [0.1, 0.15) is 12.2 Å². The Morgan fingerprint density at radius 2 is 1.64 bits per heavy atom. The van der Waals surface area contributed by atoms with Gasteiger partial charge in [-0.05, 0) is 44.5 Å². The quantitative estimate of drug-likeness (QED) is 0.504.